The molecular weight excluding hydrogens is 224 g/mol. The van der Waals surface area contributed by atoms with Gasteiger partial charge in [0.15, 0.2) is 0 Å². The van der Waals surface area contributed by atoms with E-state index in [2.05, 4.69) is 13.0 Å². The van der Waals surface area contributed by atoms with Gasteiger partial charge in [-0.1, -0.05) is 27.7 Å². The molecule has 2 aliphatic rings. The first kappa shape index (κ1) is 13.4. The Kier molecular flexibility index (Phi) is 2.96. The molecule has 0 radical (unpaired) electrons. The highest BCUT2D eigenvalue weighted by molar-refractivity contribution is 5.81. The maximum Gasteiger partial charge on any atom is 0.227 e. The molecule has 0 N–H and O–H groups in total. The molecule has 0 bridgehead atoms. The summed E-state index contributed by atoms with van der Waals surface area (Å²) < 4.78 is 0. The van der Waals surface area contributed by atoms with Crippen molar-refractivity contribution in [1.82, 2.24) is 4.90 Å². The van der Waals surface area contributed by atoms with E-state index in [9.17, 15) is 10.1 Å². The lowest BCUT2D eigenvalue weighted by Crippen LogP contribution is -2.45. The summed E-state index contributed by atoms with van der Waals surface area (Å²) in [6.45, 7) is 9.71. The molecule has 1 heterocycles. The maximum absolute atomic E-state index is 12.2. The second-order valence-electron chi connectivity index (χ2n) is 7.05. The van der Waals surface area contributed by atoms with Crippen molar-refractivity contribution in [3.05, 3.63) is 0 Å². The van der Waals surface area contributed by atoms with Gasteiger partial charge in [-0.2, -0.15) is 5.26 Å². The standard InChI is InChI=1S/C15H24N2O/c1-5-14(11-16)10-15(14)6-8-17(9-7-15)12(18)13(2,3)4/h5-10H2,1-4H3. The van der Waals surface area contributed by atoms with Crippen molar-refractivity contribution >= 4 is 5.91 Å². The molecule has 2 rings (SSSR count). The molecule has 0 aromatic carbocycles. The largest absolute Gasteiger partial charge is 0.342 e. The van der Waals surface area contributed by atoms with Crippen molar-refractivity contribution in [3.63, 3.8) is 0 Å². The first-order chi connectivity index (χ1) is 8.30. The van der Waals surface area contributed by atoms with Gasteiger partial charge < -0.3 is 4.90 Å². The van der Waals surface area contributed by atoms with E-state index in [1.165, 1.54) is 0 Å². The third kappa shape index (κ3) is 1.83. The van der Waals surface area contributed by atoms with E-state index in [-0.39, 0.29) is 22.2 Å². The third-order valence-corrected chi connectivity index (χ3v) is 5.00. The summed E-state index contributed by atoms with van der Waals surface area (Å²) in [4.78, 5) is 14.2. The van der Waals surface area contributed by atoms with Crippen molar-refractivity contribution in [3.8, 4) is 6.07 Å². The molecule has 3 heteroatoms. The van der Waals surface area contributed by atoms with E-state index in [1.54, 1.807) is 0 Å². The zero-order valence-electron chi connectivity index (χ0n) is 12.0. The Morgan fingerprint density at radius 1 is 1.33 bits per heavy atom. The predicted molar refractivity (Wildman–Crippen MR) is 70.7 cm³/mol. The highest BCUT2D eigenvalue weighted by Crippen LogP contribution is 2.70. The molecule has 1 aliphatic carbocycles. The van der Waals surface area contributed by atoms with Gasteiger partial charge >= 0.3 is 0 Å². The molecule has 1 atom stereocenters. The summed E-state index contributed by atoms with van der Waals surface area (Å²) in [5.74, 6) is 0.247. The van der Waals surface area contributed by atoms with Crippen LogP contribution in [-0.4, -0.2) is 23.9 Å². The number of hydrogen-bond acceptors (Lipinski definition) is 2. The molecule has 18 heavy (non-hydrogen) atoms. The molecule has 1 spiro atoms. The van der Waals surface area contributed by atoms with Crippen LogP contribution in [0.25, 0.3) is 0 Å². The van der Waals surface area contributed by atoms with Gasteiger partial charge in [-0.05, 0) is 31.1 Å². The van der Waals surface area contributed by atoms with Crippen LogP contribution in [0.5, 0.6) is 0 Å². The van der Waals surface area contributed by atoms with Crippen LogP contribution in [0.3, 0.4) is 0 Å². The second kappa shape index (κ2) is 3.98. The second-order valence-corrected chi connectivity index (χ2v) is 7.05. The minimum Gasteiger partial charge on any atom is -0.342 e. The highest BCUT2D eigenvalue weighted by Gasteiger charge is 2.67. The van der Waals surface area contributed by atoms with Crippen molar-refractivity contribution in [1.29, 1.82) is 5.26 Å². The lowest BCUT2D eigenvalue weighted by molar-refractivity contribution is -0.141. The van der Waals surface area contributed by atoms with Crippen LogP contribution in [0.15, 0.2) is 0 Å². The monoisotopic (exact) mass is 248 g/mol. The minimum atomic E-state index is -0.287. The van der Waals surface area contributed by atoms with Crippen LogP contribution in [0.1, 0.15) is 53.4 Å². The predicted octanol–water partition coefficient (Wildman–Crippen LogP) is 2.96. The van der Waals surface area contributed by atoms with Crippen LogP contribution in [0.4, 0.5) is 0 Å². The molecule has 1 amide bonds. The van der Waals surface area contributed by atoms with Crippen molar-refractivity contribution in [2.24, 2.45) is 16.2 Å². The Balaban J connectivity index is 1.99. The van der Waals surface area contributed by atoms with Gasteiger partial charge in [0.25, 0.3) is 0 Å². The fourth-order valence-corrected chi connectivity index (χ4v) is 3.54. The van der Waals surface area contributed by atoms with E-state index >= 15 is 0 Å². The normalized spacial score (nSPS) is 30.1. The van der Waals surface area contributed by atoms with Gasteiger partial charge in [-0.15, -0.1) is 0 Å². The Labute approximate surface area is 110 Å². The summed E-state index contributed by atoms with van der Waals surface area (Å²) in [6.07, 6.45) is 4.02. The van der Waals surface area contributed by atoms with Gasteiger partial charge in [0.05, 0.1) is 11.5 Å². The van der Waals surface area contributed by atoms with Gasteiger partial charge in [0.2, 0.25) is 5.91 Å². The molecule has 2 fully saturated rings. The number of rotatable bonds is 1. The molecule has 1 aliphatic heterocycles. The summed E-state index contributed by atoms with van der Waals surface area (Å²) in [5, 5.41) is 9.35. The molecule has 1 unspecified atom stereocenters. The Bertz CT molecular complexity index is 394. The SMILES string of the molecule is CCC1(C#N)CC12CCN(C(=O)C(C)(C)C)CC2. The van der Waals surface area contributed by atoms with E-state index in [0.29, 0.717) is 0 Å². The quantitative estimate of drug-likeness (QED) is 0.716. The molecule has 0 aromatic rings. The third-order valence-electron chi connectivity index (χ3n) is 5.00. The average molecular weight is 248 g/mol. The zero-order valence-corrected chi connectivity index (χ0v) is 12.0. The minimum absolute atomic E-state index is 0.0795. The number of nitriles is 1. The maximum atomic E-state index is 12.2. The summed E-state index contributed by atoms with van der Waals surface area (Å²) in [5.41, 5.74) is -0.139. The fourth-order valence-electron chi connectivity index (χ4n) is 3.54. The topological polar surface area (TPSA) is 44.1 Å². The van der Waals surface area contributed by atoms with E-state index < -0.39 is 0 Å². The number of likely N-dealkylation sites (tertiary alicyclic amines) is 1. The van der Waals surface area contributed by atoms with Gasteiger partial charge in [-0.25, -0.2) is 0 Å². The molecule has 1 saturated heterocycles. The molecule has 3 nitrogen and oxygen atoms in total. The van der Waals surface area contributed by atoms with Crippen LogP contribution in [-0.2, 0) is 4.79 Å². The zero-order chi connectivity index (χ0) is 13.6. The fraction of sp³-hybridized carbons (Fsp3) is 0.867. The smallest absolute Gasteiger partial charge is 0.227 e. The molecule has 0 aromatic heterocycles. The first-order valence-corrected chi connectivity index (χ1v) is 7.01. The highest BCUT2D eigenvalue weighted by atomic mass is 16.2. The number of amides is 1. The summed E-state index contributed by atoms with van der Waals surface area (Å²) in [6, 6.07) is 2.53. The van der Waals surface area contributed by atoms with Crippen LogP contribution in [0, 0.1) is 27.6 Å². The average Bonchev–Trinajstić information content (AvgIpc) is 2.96. The van der Waals surface area contributed by atoms with Gasteiger partial charge in [0, 0.05) is 18.5 Å². The van der Waals surface area contributed by atoms with Crippen molar-refractivity contribution in [2.75, 3.05) is 13.1 Å². The number of carbonyl (C=O) groups is 1. The molecular formula is C15H24N2O. The number of hydrogen-bond donors (Lipinski definition) is 0. The lowest BCUT2D eigenvalue weighted by Gasteiger charge is -2.37. The van der Waals surface area contributed by atoms with Crippen molar-refractivity contribution < 1.29 is 4.79 Å². The first-order valence-electron chi connectivity index (χ1n) is 7.01. The van der Waals surface area contributed by atoms with E-state index in [4.69, 9.17) is 0 Å². The Hall–Kier alpha value is -1.04. The molecule has 1 saturated carbocycles. The van der Waals surface area contributed by atoms with E-state index in [1.807, 2.05) is 25.7 Å². The lowest BCUT2D eigenvalue weighted by atomic mass is 9.82. The number of piperidine rings is 1. The number of nitrogens with zero attached hydrogens (tertiary/aromatic N) is 2. The van der Waals surface area contributed by atoms with E-state index in [0.717, 1.165) is 38.8 Å². The Morgan fingerprint density at radius 3 is 2.22 bits per heavy atom. The van der Waals surface area contributed by atoms with Crippen molar-refractivity contribution in [2.45, 2.75) is 53.4 Å². The van der Waals surface area contributed by atoms with Gasteiger partial charge in [-0.3, -0.25) is 4.79 Å². The summed E-state index contributed by atoms with van der Waals surface area (Å²) >= 11 is 0. The van der Waals surface area contributed by atoms with Crippen LogP contribution in [0.2, 0.25) is 0 Å². The van der Waals surface area contributed by atoms with Crippen LogP contribution >= 0.6 is 0 Å². The number of carbonyl (C=O) groups excluding carboxylic acids is 1. The van der Waals surface area contributed by atoms with Crippen LogP contribution < -0.4 is 0 Å². The molecule has 100 valence electrons. The Morgan fingerprint density at radius 2 is 1.89 bits per heavy atom. The summed E-state index contributed by atoms with van der Waals surface area (Å²) in [7, 11) is 0. The van der Waals surface area contributed by atoms with Gasteiger partial charge in [0.1, 0.15) is 0 Å².